The molecule has 0 spiro atoms. The SMILES string of the molecule is CC(=O)OC(C(N)=S)c1ccccc1. The van der Waals surface area contributed by atoms with Crippen molar-refractivity contribution >= 4 is 23.2 Å². The van der Waals surface area contributed by atoms with Crippen molar-refractivity contribution in [3.8, 4) is 0 Å². The van der Waals surface area contributed by atoms with Crippen molar-refractivity contribution in [1.82, 2.24) is 0 Å². The first-order chi connectivity index (χ1) is 6.61. The van der Waals surface area contributed by atoms with Crippen LogP contribution in [0.3, 0.4) is 0 Å². The van der Waals surface area contributed by atoms with E-state index in [1.165, 1.54) is 6.92 Å². The fourth-order valence-corrected chi connectivity index (χ4v) is 1.27. The second kappa shape index (κ2) is 4.72. The van der Waals surface area contributed by atoms with Crippen LogP contribution < -0.4 is 5.73 Å². The molecule has 0 amide bonds. The third-order valence-electron chi connectivity index (χ3n) is 1.64. The third-order valence-corrected chi connectivity index (χ3v) is 1.86. The summed E-state index contributed by atoms with van der Waals surface area (Å²) >= 11 is 4.82. The van der Waals surface area contributed by atoms with Gasteiger partial charge in [-0.2, -0.15) is 0 Å². The minimum Gasteiger partial charge on any atom is -0.450 e. The molecule has 1 unspecified atom stereocenters. The van der Waals surface area contributed by atoms with Gasteiger partial charge in [0, 0.05) is 6.92 Å². The highest BCUT2D eigenvalue weighted by atomic mass is 32.1. The van der Waals surface area contributed by atoms with E-state index in [9.17, 15) is 4.79 Å². The van der Waals surface area contributed by atoms with E-state index in [0.717, 1.165) is 5.56 Å². The van der Waals surface area contributed by atoms with Crippen LogP contribution in [0.25, 0.3) is 0 Å². The van der Waals surface area contributed by atoms with Crippen LogP contribution in [0.5, 0.6) is 0 Å². The van der Waals surface area contributed by atoms with Gasteiger partial charge in [-0.15, -0.1) is 0 Å². The molecule has 0 fully saturated rings. The highest BCUT2D eigenvalue weighted by Gasteiger charge is 2.16. The van der Waals surface area contributed by atoms with Crippen molar-refractivity contribution in [1.29, 1.82) is 0 Å². The van der Waals surface area contributed by atoms with Crippen LogP contribution in [0.1, 0.15) is 18.6 Å². The Kier molecular flexibility index (Phi) is 3.59. The maximum Gasteiger partial charge on any atom is 0.303 e. The Morgan fingerprint density at radius 3 is 2.43 bits per heavy atom. The summed E-state index contributed by atoms with van der Waals surface area (Å²) in [5.74, 6) is -0.397. The Balaban J connectivity index is 2.89. The lowest BCUT2D eigenvalue weighted by Gasteiger charge is -2.15. The number of hydrogen-bond donors (Lipinski definition) is 1. The van der Waals surface area contributed by atoms with Crippen LogP contribution in [0.2, 0.25) is 0 Å². The molecule has 0 aliphatic carbocycles. The van der Waals surface area contributed by atoms with Crippen LogP contribution in [-0.4, -0.2) is 11.0 Å². The molecule has 0 saturated heterocycles. The van der Waals surface area contributed by atoms with Crippen molar-refractivity contribution < 1.29 is 9.53 Å². The van der Waals surface area contributed by atoms with Crippen molar-refractivity contribution in [2.24, 2.45) is 5.73 Å². The molecule has 1 aromatic carbocycles. The van der Waals surface area contributed by atoms with E-state index < -0.39 is 12.1 Å². The van der Waals surface area contributed by atoms with Crippen molar-refractivity contribution in [3.05, 3.63) is 35.9 Å². The van der Waals surface area contributed by atoms with E-state index in [4.69, 9.17) is 22.7 Å². The van der Waals surface area contributed by atoms with Gasteiger partial charge in [0.25, 0.3) is 0 Å². The summed E-state index contributed by atoms with van der Waals surface area (Å²) in [5.41, 5.74) is 6.26. The molecule has 0 bridgehead atoms. The molecule has 1 atom stereocenters. The monoisotopic (exact) mass is 209 g/mol. The van der Waals surface area contributed by atoms with Crippen molar-refractivity contribution in [3.63, 3.8) is 0 Å². The second-order valence-corrected chi connectivity index (χ2v) is 3.27. The van der Waals surface area contributed by atoms with Gasteiger partial charge < -0.3 is 10.5 Å². The molecule has 0 saturated carbocycles. The normalized spacial score (nSPS) is 11.8. The molecule has 1 aromatic rings. The van der Waals surface area contributed by atoms with Crippen molar-refractivity contribution in [2.75, 3.05) is 0 Å². The zero-order valence-corrected chi connectivity index (χ0v) is 8.58. The van der Waals surface area contributed by atoms with Gasteiger partial charge in [0.15, 0.2) is 6.10 Å². The average Bonchev–Trinajstić information content (AvgIpc) is 2.15. The summed E-state index contributed by atoms with van der Waals surface area (Å²) in [7, 11) is 0. The fourth-order valence-electron chi connectivity index (χ4n) is 1.08. The molecule has 2 N–H and O–H groups in total. The van der Waals surface area contributed by atoms with Crippen LogP contribution in [0, 0.1) is 0 Å². The lowest BCUT2D eigenvalue weighted by Crippen LogP contribution is -2.23. The number of nitrogens with two attached hydrogens (primary N) is 1. The van der Waals surface area contributed by atoms with Gasteiger partial charge in [-0.25, -0.2) is 0 Å². The number of carbonyl (C=O) groups is 1. The number of benzene rings is 1. The molecule has 74 valence electrons. The number of thiocarbonyl (C=S) groups is 1. The van der Waals surface area contributed by atoms with Gasteiger partial charge in [-0.05, 0) is 5.56 Å². The molecule has 0 heterocycles. The summed E-state index contributed by atoms with van der Waals surface area (Å²) in [5, 5.41) is 0. The molecule has 14 heavy (non-hydrogen) atoms. The predicted molar refractivity (Wildman–Crippen MR) is 57.7 cm³/mol. The molecule has 0 aliphatic rings. The smallest absolute Gasteiger partial charge is 0.303 e. The lowest BCUT2D eigenvalue weighted by molar-refractivity contribution is -0.143. The Morgan fingerprint density at radius 1 is 1.43 bits per heavy atom. The summed E-state index contributed by atoms with van der Waals surface area (Å²) < 4.78 is 4.99. The zero-order chi connectivity index (χ0) is 10.6. The van der Waals surface area contributed by atoms with Crippen molar-refractivity contribution in [2.45, 2.75) is 13.0 Å². The largest absolute Gasteiger partial charge is 0.450 e. The van der Waals surface area contributed by atoms with Crippen LogP contribution in [-0.2, 0) is 9.53 Å². The van der Waals surface area contributed by atoms with E-state index in [-0.39, 0.29) is 4.99 Å². The maximum atomic E-state index is 10.8. The fraction of sp³-hybridized carbons (Fsp3) is 0.200. The molecule has 3 nitrogen and oxygen atoms in total. The number of carbonyl (C=O) groups excluding carboxylic acids is 1. The maximum absolute atomic E-state index is 10.8. The highest BCUT2D eigenvalue weighted by Crippen LogP contribution is 2.17. The predicted octanol–water partition coefficient (Wildman–Crippen LogP) is 1.58. The van der Waals surface area contributed by atoms with Gasteiger partial charge in [0.1, 0.15) is 4.99 Å². The Morgan fingerprint density at radius 2 is 2.00 bits per heavy atom. The summed E-state index contributed by atoms with van der Waals surface area (Å²) in [6.45, 7) is 1.33. The molecule has 0 aromatic heterocycles. The summed E-state index contributed by atoms with van der Waals surface area (Å²) in [4.78, 5) is 11.0. The number of rotatable bonds is 3. The molecule has 1 rings (SSSR count). The van der Waals surface area contributed by atoms with Gasteiger partial charge in [0.2, 0.25) is 0 Å². The van der Waals surface area contributed by atoms with E-state index >= 15 is 0 Å². The highest BCUT2D eigenvalue weighted by molar-refractivity contribution is 7.80. The first kappa shape index (κ1) is 10.7. The summed E-state index contributed by atoms with van der Waals surface area (Å²) in [6.07, 6.45) is -0.622. The van der Waals surface area contributed by atoms with Gasteiger partial charge in [-0.3, -0.25) is 4.79 Å². The minimum atomic E-state index is -0.622. The Hall–Kier alpha value is -1.42. The first-order valence-electron chi connectivity index (χ1n) is 4.12. The number of ether oxygens (including phenoxy) is 1. The molecule has 0 radical (unpaired) electrons. The molecular formula is C10H11NO2S. The van der Waals surface area contributed by atoms with Crippen LogP contribution in [0.15, 0.2) is 30.3 Å². The molecule has 4 heteroatoms. The van der Waals surface area contributed by atoms with Crippen LogP contribution in [0.4, 0.5) is 0 Å². The minimum absolute atomic E-state index is 0.159. The second-order valence-electron chi connectivity index (χ2n) is 2.80. The molecular weight excluding hydrogens is 198 g/mol. The quantitative estimate of drug-likeness (QED) is 0.606. The first-order valence-corrected chi connectivity index (χ1v) is 4.53. The number of esters is 1. The standard InChI is InChI=1S/C10H11NO2S/c1-7(12)13-9(10(11)14)8-5-3-2-4-6-8/h2-6,9H,1H3,(H2,11,14). The zero-order valence-electron chi connectivity index (χ0n) is 7.77. The average molecular weight is 209 g/mol. The topological polar surface area (TPSA) is 52.3 Å². The Bertz CT molecular complexity index is 337. The van der Waals surface area contributed by atoms with Crippen LogP contribution >= 0.6 is 12.2 Å². The Labute approximate surface area is 87.9 Å². The summed E-state index contributed by atoms with van der Waals surface area (Å²) in [6, 6.07) is 9.17. The lowest BCUT2D eigenvalue weighted by atomic mass is 10.1. The van der Waals surface area contributed by atoms with E-state index in [1.54, 1.807) is 0 Å². The number of hydrogen-bond acceptors (Lipinski definition) is 3. The third kappa shape index (κ3) is 2.81. The van der Waals surface area contributed by atoms with E-state index in [0.29, 0.717) is 0 Å². The van der Waals surface area contributed by atoms with Gasteiger partial charge >= 0.3 is 5.97 Å². The van der Waals surface area contributed by atoms with Gasteiger partial charge in [-0.1, -0.05) is 42.5 Å². The van der Waals surface area contributed by atoms with E-state index in [2.05, 4.69) is 0 Å². The molecule has 0 aliphatic heterocycles. The van der Waals surface area contributed by atoms with Gasteiger partial charge in [0.05, 0.1) is 0 Å². The van der Waals surface area contributed by atoms with E-state index in [1.807, 2.05) is 30.3 Å².